The van der Waals surface area contributed by atoms with Crippen molar-refractivity contribution in [3.63, 3.8) is 0 Å². The molecule has 0 spiro atoms. The molecule has 7 nitrogen and oxygen atoms in total. The molecule has 1 radical (unpaired) electrons. The fraction of sp³-hybridized carbons (Fsp3) is 0.429. The van der Waals surface area contributed by atoms with E-state index in [0.717, 1.165) is 28.6 Å². The summed E-state index contributed by atoms with van der Waals surface area (Å²) in [5.41, 5.74) is 3.79. The summed E-state index contributed by atoms with van der Waals surface area (Å²) in [7, 11) is -1.40. The van der Waals surface area contributed by atoms with E-state index >= 15 is 0 Å². The van der Waals surface area contributed by atoms with Crippen molar-refractivity contribution in [3.8, 4) is 5.75 Å². The van der Waals surface area contributed by atoms with Gasteiger partial charge in [-0.3, -0.25) is 9.19 Å². The Bertz CT molecular complexity index is 1040. The molecule has 1 N–H and O–H groups in total. The van der Waals surface area contributed by atoms with Gasteiger partial charge in [0.25, 0.3) is 0 Å². The Kier molecular flexibility index (Phi) is 8.23. The molecule has 0 saturated carbocycles. The number of fused-ring (bicyclic) bond motifs is 1. The summed E-state index contributed by atoms with van der Waals surface area (Å²) in [6, 6.07) is 7.53. The van der Waals surface area contributed by atoms with Gasteiger partial charge >= 0.3 is 0 Å². The molecule has 4 rings (SSSR count). The van der Waals surface area contributed by atoms with Crippen LogP contribution in [0.4, 0.5) is 4.39 Å². The smallest absolute Gasteiger partial charge is 0.232 e. The van der Waals surface area contributed by atoms with Crippen LogP contribution in [0.15, 0.2) is 35.6 Å². The Morgan fingerprint density at radius 1 is 1.26 bits per heavy atom. The summed E-state index contributed by atoms with van der Waals surface area (Å²) in [4.78, 5) is 11.9. The molecule has 3 heterocycles. The minimum absolute atomic E-state index is 0. The third-order valence-electron chi connectivity index (χ3n) is 5.06. The third-order valence-corrected chi connectivity index (χ3v) is 6.22. The Labute approximate surface area is 204 Å². The fourth-order valence-corrected chi connectivity index (χ4v) is 4.45. The van der Waals surface area contributed by atoms with Crippen LogP contribution in [0.2, 0.25) is 0 Å². The second-order valence-corrected chi connectivity index (χ2v) is 8.64. The standard InChI is InChI=1S/C21H24FN3O4S.Na/c1-14-10-23-18(11-30(26)20-24-16-6-3-4-7-17(16)25-20)15(2)19(14)27-13-21(12-22)28-8-5-9-29-21;/h3-4,6-7,10H,5,8-9,11-13H2,1-2H3,(H,24,25);. The first kappa shape index (κ1) is 24.3. The topological polar surface area (TPSA) is 86.3 Å². The van der Waals surface area contributed by atoms with E-state index in [1.807, 2.05) is 38.1 Å². The van der Waals surface area contributed by atoms with Crippen molar-refractivity contribution in [1.29, 1.82) is 0 Å². The van der Waals surface area contributed by atoms with Crippen molar-refractivity contribution < 1.29 is 22.8 Å². The van der Waals surface area contributed by atoms with Crippen molar-refractivity contribution in [2.45, 2.75) is 37.0 Å². The Morgan fingerprint density at radius 2 is 2.00 bits per heavy atom. The summed E-state index contributed by atoms with van der Waals surface area (Å²) in [5.74, 6) is -0.617. The van der Waals surface area contributed by atoms with E-state index in [9.17, 15) is 8.60 Å². The Balaban J connectivity index is 0.00000272. The predicted octanol–water partition coefficient (Wildman–Crippen LogP) is 2.98. The molecule has 1 aromatic carbocycles. The van der Waals surface area contributed by atoms with E-state index in [4.69, 9.17) is 14.2 Å². The summed E-state index contributed by atoms with van der Waals surface area (Å²) < 4.78 is 43.4. The first-order valence-electron chi connectivity index (χ1n) is 9.76. The molecule has 2 aromatic heterocycles. The molecular formula is C21H24FN3NaO4S. The van der Waals surface area contributed by atoms with Crippen LogP contribution in [0.3, 0.4) is 0 Å². The van der Waals surface area contributed by atoms with Crippen LogP contribution in [0.1, 0.15) is 23.2 Å². The fourth-order valence-electron chi connectivity index (χ4n) is 3.35. The summed E-state index contributed by atoms with van der Waals surface area (Å²) in [6.45, 7) is 3.72. The second-order valence-electron chi connectivity index (χ2n) is 7.27. The quantitative estimate of drug-likeness (QED) is 0.550. The van der Waals surface area contributed by atoms with Gasteiger partial charge in [-0.15, -0.1) is 0 Å². The molecule has 1 saturated heterocycles. The monoisotopic (exact) mass is 456 g/mol. The number of halogens is 1. The number of alkyl halides is 1. The summed E-state index contributed by atoms with van der Waals surface area (Å²) in [5, 5.41) is 0.404. The molecule has 0 bridgehead atoms. The van der Waals surface area contributed by atoms with E-state index in [0.29, 0.717) is 29.8 Å². The molecule has 0 amide bonds. The number of aryl methyl sites for hydroxylation is 1. The number of benzene rings is 1. The van der Waals surface area contributed by atoms with E-state index in [1.165, 1.54) is 0 Å². The predicted molar refractivity (Wildman–Crippen MR) is 116 cm³/mol. The van der Waals surface area contributed by atoms with Gasteiger partial charge in [-0.2, -0.15) is 0 Å². The maximum Gasteiger partial charge on any atom is 0.232 e. The molecule has 1 atom stereocenters. The van der Waals surface area contributed by atoms with Crippen LogP contribution < -0.4 is 4.74 Å². The number of hydrogen-bond donors (Lipinski definition) is 1. The number of ether oxygens (including phenoxy) is 3. The van der Waals surface area contributed by atoms with E-state index in [2.05, 4.69) is 15.0 Å². The number of aromatic nitrogens is 3. The van der Waals surface area contributed by atoms with Gasteiger partial charge in [0.15, 0.2) is 5.16 Å². The van der Waals surface area contributed by atoms with Crippen LogP contribution in [0.5, 0.6) is 5.75 Å². The van der Waals surface area contributed by atoms with E-state index in [1.54, 1.807) is 6.20 Å². The van der Waals surface area contributed by atoms with Crippen LogP contribution in [0, 0.1) is 13.8 Å². The molecule has 0 aliphatic carbocycles. The van der Waals surface area contributed by atoms with Gasteiger partial charge in [-0.05, 0) is 32.4 Å². The number of nitrogens with one attached hydrogen (secondary N) is 1. The Morgan fingerprint density at radius 3 is 2.71 bits per heavy atom. The zero-order valence-corrected chi connectivity index (χ0v) is 20.8. The molecule has 3 aromatic rings. The number of aromatic amines is 1. The maximum absolute atomic E-state index is 13.6. The minimum Gasteiger partial charge on any atom is -0.487 e. The van der Waals surface area contributed by atoms with E-state index in [-0.39, 0.29) is 41.9 Å². The van der Waals surface area contributed by atoms with E-state index < -0.39 is 23.3 Å². The van der Waals surface area contributed by atoms with Crippen LogP contribution in [0.25, 0.3) is 11.0 Å². The number of pyridine rings is 1. The van der Waals surface area contributed by atoms with Crippen molar-refractivity contribution in [2.24, 2.45) is 0 Å². The van der Waals surface area contributed by atoms with Crippen molar-refractivity contribution in [1.82, 2.24) is 15.0 Å². The zero-order chi connectivity index (χ0) is 21.1. The van der Waals surface area contributed by atoms with Gasteiger partial charge in [0.1, 0.15) is 19.0 Å². The van der Waals surface area contributed by atoms with Gasteiger partial charge in [0, 0.05) is 46.9 Å². The normalized spacial score (nSPS) is 16.6. The van der Waals surface area contributed by atoms with Gasteiger partial charge < -0.3 is 19.2 Å². The third kappa shape index (κ3) is 5.35. The molecule has 1 aliphatic rings. The van der Waals surface area contributed by atoms with Gasteiger partial charge in [-0.25, -0.2) is 9.37 Å². The summed E-state index contributed by atoms with van der Waals surface area (Å²) >= 11 is 0. The van der Waals surface area contributed by atoms with Crippen molar-refractivity contribution in [3.05, 3.63) is 47.3 Å². The number of H-pyrrole nitrogens is 1. The molecule has 1 aliphatic heterocycles. The van der Waals surface area contributed by atoms with Gasteiger partial charge in [-0.1, -0.05) is 12.1 Å². The Hall–Kier alpha value is -1.36. The molecule has 161 valence electrons. The number of hydrogen-bond acceptors (Lipinski definition) is 6. The number of imidazole rings is 1. The van der Waals surface area contributed by atoms with Gasteiger partial charge in [0.05, 0.1) is 46.5 Å². The average molecular weight is 456 g/mol. The molecule has 1 unspecified atom stereocenters. The van der Waals surface area contributed by atoms with Gasteiger partial charge in [0.2, 0.25) is 5.79 Å². The molecule has 1 fully saturated rings. The SMILES string of the molecule is Cc1cnc(CS(=O)c2nc3ccccc3[nH]2)c(C)c1OCC1(CF)OCCCO1.[Na]. The minimum atomic E-state index is -1.40. The number of nitrogens with zero attached hydrogens (tertiary/aromatic N) is 2. The first-order valence-corrected chi connectivity index (χ1v) is 11.1. The average Bonchev–Trinajstić information content (AvgIpc) is 3.21. The van der Waals surface area contributed by atoms with Crippen LogP contribution in [-0.2, 0) is 26.0 Å². The maximum atomic E-state index is 13.6. The zero-order valence-electron chi connectivity index (χ0n) is 17.9. The van der Waals surface area contributed by atoms with Crippen molar-refractivity contribution in [2.75, 3.05) is 26.5 Å². The largest absolute Gasteiger partial charge is 0.487 e. The molecular weight excluding hydrogens is 432 g/mol. The number of rotatable bonds is 7. The number of para-hydroxylation sites is 2. The summed E-state index contributed by atoms with van der Waals surface area (Å²) in [6.07, 6.45) is 2.39. The first-order chi connectivity index (χ1) is 14.5. The second kappa shape index (κ2) is 10.5. The van der Waals surface area contributed by atoms with Crippen LogP contribution in [-0.4, -0.2) is 81.0 Å². The van der Waals surface area contributed by atoms with Crippen LogP contribution >= 0.6 is 0 Å². The van der Waals surface area contributed by atoms with Crippen molar-refractivity contribution >= 4 is 51.4 Å². The molecule has 10 heteroatoms. The molecule has 31 heavy (non-hydrogen) atoms.